The molecule has 1 aliphatic heterocycles. The summed E-state index contributed by atoms with van der Waals surface area (Å²) in [5.74, 6) is -0.136. The molecule has 21 heavy (non-hydrogen) atoms. The highest BCUT2D eigenvalue weighted by molar-refractivity contribution is 5.81. The third kappa shape index (κ3) is 4.00. The van der Waals surface area contributed by atoms with E-state index in [1.54, 1.807) is 33.1 Å². The van der Waals surface area contributed by atoms with Gasteiger partial charge in [-0.25, -0.2) is 9.59 Å². The number of hydrogen-bond acceptors (Lipinski definition) is 4. The van der Waals surface area contributed by atoms with Crippen LogP contribution in [0.2, 0.25) is 0 Å². The van der Waals surface area contributed by atoms with Gasteiger partial charge in [-0.15, -0.1) is 0 Å². The molecular formula is C15H21NO5. The zero-order valence-electron chi connectivity index (χ0n) is 12.5. The molecule has 1 aromatic rings. The maximum Gasteiger partial charge on any atom is 0.411 e. The monoisotopic (exact) mass is 295 g/mol. The Bertz CT molecular complexity index is 503. The SMILES string of the molecule is CC(C)(C)OC(=O)N1C[C@H](Cc2ccco2)C[C@H]1C(=O)O. The van der Waals surface area contributed by atoms with Gasteiger partial charge >= 0.3 is 12.1 Å². The van der Waals surface area contributed by atoms with Gasteiger partial charge in [0.15, 0.2) is 0 Å². The fraction of sp³-hybridized carbons (Fsp3) is 0.600. The van der Waals surface area contributed by atoms with Crippen molar-refractivity contribution in [1.29, 1.82) is 0 Å². The number of aliphatic carboxylic acids is 1. The zero-order chi connectivity index (χ0) is 15.6. The molecule has 1 fully saturated rings. The average molecular weight is 295 g/mol. The summed E-state index contributed by atoms with van der Waals surface area (Å²) in [4.78, 5) is 24.8. The van der Waals surface area contributed by atoms with E-state index in [2.05, 4.69) is 0 Å². The molecule has 0 bridgehead atoms. The predicted octanol–water partition coefficient (Wildman–Crippen LogP) is 2.53. The molecule has 1 saturated heterocycles. The lowest BCUT2D eigenvalue weighted by molar-refractivity contribution is -0.142. The van der Waals surface area contributed by atoms with E-state index in [-0.39, 0.29) is 5.92 Å². The van der Waals surface area contributed by atoms with Crippen molar-refractivity contribution in [1.82, 2.24) is 4.90 Å². The van der Waals surface area contributed by atoms with Crippen LogP contribution in [0.1, 0.15) is 33.0 Å². The standard InChI is InChI=1S/C15H21NO5/c1-15(2,3)21-14(19)16-9-10(8-12(16)13(17)18)7-11-5-4-6-20-11/h4-6,10,12H,7-9H2,1-3H3,(H,17,18)/t10-,12+/m1/s1. The third-order valence-corrected chi connectivity index (χ3v) is 3.37. The molecule has 1 aromatic heterocycles. The second-order valence-corrected chi connectivity index (χ2v) is 6.37. The van der Waals surface area contributed by atoms with Gasteiger partial charge in [0.05, 0.1) is 6.26 Å². The summed E-state index contributed by atoms with van der Waals surface area (Å²) in [6, 6.07) is 2.82. The van der Waals surface area contributed by atoms with Gasteiger partial charge in [-0.3, -0.25) is 4.90 Å². The summed E-state index contributed by atoms with van der Waals surface area (Å²) >= 11 is 0. The molecule has 116 valence electrons. The van der Waals surface area contributed by atoms with E-state index >= 15 is 0 Å². The van der Waals surface area contributed by atoms with Gasteiger partial charge in [0.2, 0.25) is 0 Å². The second-order valence-electron chi connectivity index (χ2n) is 6.37. The molecule has 6 heteroatoms. The number of likely N-dealkylation sites (tertiary alicyclic amines) is 1. The Morgan fingerprint density at radius 2 is 2.19 bits per heavy atom. The van der Waals surface area contributed by atoms with Gasteiger partial charge in [-0.05, 0) is 45.2 Å². The Balaban J connectivity index is 2.05. The maximum atomic E-state index is 12.1. The van der Waals surface area contributed by atoms with Crippen molar-refractivity contribution in [2.75, 3.05) is 6.54 Å². The molecule has 0 aliphatic carbocycles. The predicted molar refractivity (Wildman–Crippen MR) is 74.9 cm³/mol. The van der Waals surface area contributed by atoms with Gasteiger partial charge in [-0.1, -0.05) is 0 Å². The van der Waals surface area contributed by atoms with Gasteiger partial charge < -0.3 is 14.3 Å². The summed E-state index contributed by atoms with van der Waals surface area (Å²) < 4.78 is 10.6. The summed E-state index contributed by atoms with van der Waals surface area (Å²) in [5, 5.41) is 9.30. The van der Waals surface area contributed by atoms with Crippen molar-refractivity contribution in [3.8, 4) is 0 Å². The Labute approximate surface area is 123 Å². The number of carboxylic acids is 1. The minimum Gasteiger partial charge on any atom is -0.480 e. The molecule has 2 atom stereocenters. The van der Waals surface area contributed by atoms with Crippen LogP contribution in [0.3, 0.4) is 0 Å². The number of carboxylic acid groups (broad SMARTS) is 1. The number of amides is 1. The summed E-state index contributed by atoms with van der Waals surface area (Å²) in [6.07, 6.45) is 2.05. The van der Waals surface area contributed by atoms with Crippen molar-refractivity contribution in [2.24, 2.45) is 5.92 Å². The van der Waals surface area contributed by atoms with Crippen LogP contribution in [0.25, 0.3) is 0 Å². The van der Waals surface area contributed by atoms with E-state index in [4.69, 9.17) is 9.15 Å². The fourth-order valence-corrected chi connectivity index (χ4v) is 2.54. The van der Waals surface area contributed by atoms with Crippen molar-refractivity contribution >= 4 is 12.1 Å². The summed E-state index contributed by atoms with van der Waals surface area (Å²) in [5.41, 5.74) is -0.640. The molecule has 0 radical (unpaired) electrons. The molecule has 1 amide bonds. The van der Waals surface area contributed by atoms with E-state index < -0.39 is 23.7 Å². The topological polar surface area (TPSA) is 80.0 Å². The number of ether oxygens (including phenoxy) is 1. The molecule has 0 spiro atoms. The zero-order valence-corrected chi connectivity index (χ0v) is 12.5. The van der Waals surface area contributed by atoms with Crippen molar-refractivity contribution < 1.29 is 23.8 Å². The van der Waals surface area contributed by atoms with Gasteiger partial charge in [0.25, 0.3) is 0 Å². The van der Waals surface area contributed by atoms with Crippen LogP contribution in [-0.4, -0.2) is 40.3 Å². The highest BCUT2D eigenvalue weighted by Crippen LogP contribution is 2.28. The molecule has 2 rings (SSSR count). The molecule has 0 saturated carbocycles. The van der Waals surface area contributed by atoms with Crippen molar-refractivity contribution in [2.45, 2.75) is 45.3 Å². The Hall–Kier alpha value is -1.98. The van der Waals surface area contributed by atoms with E-state index in [0.29, 0.717) is 19.4 Å². The number of furan rings is 1. The minimum atomic E-state index is -0.997. The lowest BCUT2D eigenvalue weighted by Gasteiger charge is -2.26. The van der Waals surface area contributed by atoms with Crippen LogP contribution in [0.15, 0.2) is 22.8 Å². The molecule has 0 aromatic carbocycles. The third-order valence-electron chi connectivity index (χ3n) is 3.37. The quantitative estimate of drug-likeness (QED) is 0.926. The average Bonchev–Trinajstić information content (AvgIpc) is 2.96. The minimum absolute atomic E-state index is 0.0600. The first-order chi connectivity index (χ1) is 9.76. The lowest BCUT2D eigenvalue weighted by Crippen LogP contribution is -2.43. The van der Waals surface area contributed by atoms with Gasteiger partial charge in [0, 0.05) is 13.0 Å². The molecule has 6 nitrogen and oxygen atoms in total. The molecule has 1 aliphatic rings. The van der Waals surface area contributed by atoms with Gasteiger partial charge in [-0.2, -0.15) is 0 Å². The van der Waals surface area contributed by atoms with Crippen LogP contribution in [0.4, 0.5) is 4.79 Å². The number of rotatable bonds is 3. The number of carbonyl (C=O) groups is 2. The smallest absolute Gasteiger partial charge is 0.411 e. The number of nitrogens with zero attached hydrogens (tertiary/aromatic N) is 1. The van der Waals surface area contributed by atoms with E-state index in [1.807, 2.05) is 6.07 Å². The normalized spacial score (nSPS) is 22.3. The van der Waals surface area contributed by atoms with Crippen molar-refractivity contribution in [3.05, 3.63) is 24.2 Å². The molecule has 1 N–H and O–H groups in total. The van der Waals surface area contributed by atoms with Crippen LogP contribution in [0.5, 0.6) is 0 Å². The summed E-state index contributed by atoms with van der Waals surface area (Å²) in [6.45, 7) is 5.65. The van der Waals surface area contributed by atoms with Gasteiger partial charge in [0.1, 0.15) is 17.4 Å². The molecule has 0 unspecified atom stereocenters. The summed E-state index contributed by atoms with van der Waals surface area (Å²) in [7, 11) is 0. The van der Waals surface area contributed by atoms with Crippen LogP contribution < -0.4 is 0 Å². The lowest BCUT2D eigenvalue weighted by atomic mass is 10.0. The number of carbonyl (C=O) groups excluding carboxylic acids is 1. The van der Waals surface area contributed by atoms with E-state index in [0.717, 1.165) is 5.76 Å². The molecular weight excluding hydrogens is 274 g/mol. The maximum absolute atomic E-state index is 12.1. The van der Waals surface area contributed by atoms with Crippen LogP contribution in [-0.2, 0) is 16.0 Å². The van der Waals surface area contributed by atoms with Crippen molar-refractivity contribution in [3.63, 3.8) is 0 Å². The molecule has 2 heterocycles. The van der Waals surface area contributed by atoms with E-state index in [1.165, 1.54) is 4.90 Å². The largest absolute Gasteiger partial charge is 0.480 e. The first kappa shape index (κ1) is 15.4. The first-order valence-corrected chi connectivity index (χ1v) is 7.01. The van der Waals surface area contributed by atoms with E-state index in [9.17, 15) is 14.7 Å². The highest BCUT2D eigenvalue weighted by atomic mass is 16.6. The highest BCUT2D eigenvalue weighted by Gasteiger charge is 2.41. The number of hydrogen-bond donors (Lipinski definition) is 1. The Kier molecular flexibility index (Phi) is 4.25. The second kappa shape index (κ2) is 5.79. The fourth-order valence-electron chi connectivity index (χ4n) is 2.54. The first-order valence-electron chi connectivity index (χ1n) is 7.01. The Morgan fingerprint density at radius 1 is 1.48 bits per heavy atom. The van der Waals surface area contributed by atoms with Crippen LogP contribution >= 0.6 is 0 Å². The Morgan fingerprint density at radius 3 is 2.71 bits per heavy atom. The van der Waals surface area contributed by atoms with Crippen LogP contribution in [0, 0.1) is 5.92 Å².